The van der Waals surface area contributed by atoms with Crippen LogP contribution in [0.15, 0.2) is 30.3 Å². The van der Waals surface area contributed by atoms with Crippen LogP contribution in [0.3, 0.4) is 0 Å². The Bertz CT molecular complexity index is 749. The van der Waals surface area contributed by atoms with Gasteiger partial charge < -0.3 is 5.32 Å². The molecule has 1 N–H and O–H groups in total. The summed E-state index contributed by atoms with van der Waals surface area (Å²) in [6, 6.07) is 9.74. The Hall–Kier alpha value is -2.28. The minimum absolute atomic E-state index is 0.0702. The molecular formula is C13H13N5OS. The summed E-state index contributed by atoms with van der Waals surface area (Å²) in [4.78, 5) is 12.8. The molecule has 0 aliphatic rings. The van der Waals surface area contributed by atoms with E-state index in [1.54, 1.807) is 11.4 Å². The highest BCUT2D eigenvalue weighted by Crippen LogP contribution is 2.16. The molecule has 20 heavy (non-hydrogen) atoms. The normalized spacial score (nSPS) is 12.5. The van der Waals surface area contributed by atoms with Crippen LogP contribution in [0.5, 0.6) is 0 Å². The molecule has 1 amide bonds. The maximum absolute atomic E-state index is 12.2. The number of aromatic nitrogens is 4. The van der Waals surface area contributed by atoms with Crippen LogP contribution in [-0.2, 0) is 0 Å². The molecule has 0 bridgehead atoms. The molecule has 0 aliphatic heterocycles. The van der Waals surface area contributed by atoms with E-state index in [-0.39, 0.29) is 11.9 Å². The van der Waals surface area contributed by atoms with E-state index >= 15 is 0 Å². The summed E-state index contributed by atoms with van der Waals surface area (Å²) >= 11 is 1.23. The molecule has 0 spiro atoms. The first-order chi connectivity index (χ1) is 9.65. The highest BCUT2D eigenvalue weighted by molar-refractivity contribution is 7.18. The van der Waals surface area contributed by atoms with Gasteiger partial charge in [0.25, 0.3) is 5.91 Å². The Balaban J connectivity index is 1.79. The van der Waals surface area contributed by atoms with Crippen molar-refractivity contribution < 1.29 is 4.79 Å². The van der Waals surface area contributed by atoms with E-state index in [9.17, 15) is 4.79 Å². The van der Waals surface area contributed by atoms with Crippen molar-refractivity contribution in [3.63, 3.8) is 0 Å². The van der Waals surface area contributed by atoms with Gasteiger partial charge in [-0.2, -0.15) is 4.52 Å². The maximum Gasteiger partial charge on any atom is 0.282 e. The van der Waals surface area contributed by atoms with E-state index < -0.39 is 0 Å². The van der Waals surface area contributed by atoms with Crippen molar-refractivity contribution >= 4 is 22.2 Å². The largest absolute Gasteiger partial charge is 0.343 e. The van der Waals surface area contributed by atoms with Gasteiger partial charge in [-0.15, -0.1) is 15.3 Å². The van der Waals surface area contributed by atoms with Gasteiger partial charge in [0.1, 0.15) is 0 Å². The molecule has 1 unspecified atom stereocenters. The fourth-order valence-electron chi connectivity index (χ4n) is 1.89. The number of nitrogens with zero attached hydrogens (tertiary/aromatic N) is 4. The van der Waals surface area contributed by atoms with Crippen molar-refractivity contribution in [3.05, 3.63) is 46.7 Å². The first-order valence-electron chi connectivity index (χ1n) is 6.20. The molecule has 1 atom stereocenters. The summed E-state index contributed by atoms with van der Waals surface area (Å²) in [5.41, 5.74) is 1.06. The number of carbonyl (C=O) groups is 1. The third-order valence-electron chi connectivity index (χ3n) is 2.99. The van der Waals surface area contributed by atoms with Gasteiger partial charge in [0.05, 0.1) is 6.04 Å². The van der Waals surface area contributed by atoms with Gasteiger partial charge in [0.15, 0.2) is 5.82 Å². The Morgan fingerprint density at radius 3 is 2.75 bits per heavy atom. The second-order valence-corrected chi connectivity index (χ2v) is 5.41. The maximum atomic E-state index is 12.2. The van der Waals surface area contributed by atoms with Crippen molar-refractivity contribution in [3.8, 4) is 0 Å². The zero-order valence-electron chi connectivity index (χ0n) is 11.1. The van der Waals surface area contributed by atoms with Crippen LogP contribution < -0.4 is 5.32 Å². The molecular weight excluding hydrogens is 274 g/mol. The molecule has 102 valence electrons. The van der Waals surface area contributed by atoms with E-state index in [4.69, 9.17) is 0 Å². The number of nitrogens with one attached hydrogen (secondary N) is 1. The second kappa shape index (κ2) is 5.01. The van der Waals surface area contributed by atoms with Gasteiger partial charge in [-0.05, 0) is 19.4 Å². The summed E-state index contributed by atoms with van der Waals surface area (Å²) in [5.74, 6) is 0.475. The molecule has 0 aliphatic carbocycles. The summed E-state index contributed by atoms with van der Waals surface area (Å²) in [6.45, 7) is 3.74. The van der Waals surface area contributed by atoms with Gasteiger partial charge in [0.2, 0.25) is 9.97 Å². The molecule has 0 fully saturated rings. The summed E-state index contributed by atoms with van der Waals surface area (Å²) in [6.07, 6.45) is 0. The lowest BCUT2D eigenvalue weighted by molar-refractivity contribution is 0.0938. The lowest BCUT2D eigenvalue weighted by atomic mass is 10.1. The predicted molar refractivity (Wildman–Crippen MR) is 75.7 cm³/mol. The molecule has 3 rings (SSSR count). The van der Waals surface area contributed by atoms with Gasteiger partial charge in [-0.1, -0.05) is 41.7 Å². The van der Waals surface area contributed by atoms with E-state index in [1.807, 2.05) is 37.3 Å². The zero-order chi connectivity index (χ0) is 14.1. The minimum atomic E-state index is -0.198. The number of benzene rings is 1. The van der Waals surface area contributed by atoms with Crippen LogP contribution in [0, 0.1) is 6.92 Å². The van der Waals surface area contributed by atoms with E-state index in [0.29, 0.717) is 15.8 Å². The molecule has 1 aromatic carbocycles. The Morgan fingerprint density at radius 2 is 2.05 bits per heavy atom. The highest BCUT2D eigenvalue weighted by Gasteiger charge is 2.17. The Morgan fingerprint density at radius 1 is 1.30 bits per heavy atom. The average molecular weight is 287 g/mol. The van der Waals surface area contributed by atoms with Crippen molar-refractivity contribution in [2.24, 2.45) is 0 Å². The number of hydrogen-bond acceptors (Lipinski definition) is 5. The molecule has 2 heterocycles. The smallest absolute Gasteiger partial charge is 0.282 e. The number of hydrogen-bond donors (Lipinski definition) is 1. The predicted octanol–water partition coefficient (Wildman–Crippen LogP) is 1.99. The third kappa shape index (κ3) is 2.27. The molecule has 7 heteroatoms. The van der Waals surface area contributed by atoms with Gasteiger partial charge >= 0.3 is 0 Å². The van der Waals surface area contributed by atoms with Crippen LogP contribution in [0.1, 0.15) is 34.2 Å². The van der Waals surface area contributed by atoms with Crippen molar-refractivity contribution in [1.82, 2.24) is 25.1 Å². The lowest BCUT2D eigenvalue weighted by Gasteiger charge is -2.12. The van der Waals surface area contributed by atoms with Crippen LogP contribution in [0.2, 0.25) is 0 Å². The van der Waals surface area contributed by atoms with Crippen LogP contribution in [0.25, 0.3) is 4.96 Å². The quantitative estimate of drug-likeness (QED) is 0.799. The molecule has 0 saturated heterocycles. The number of fused-ring (bicyclic) bond motifs is 1. The number of carbonyl (C=O) groups excluding carboxylic acids is 1. The Kier molecular flexibility index (Phi) is 3.19. The molecule has 2 aromatic heterocycles. The first-order valence-corrected chi connectivity index (χ1v) is 7.01. The van der Waals surface area contributed by atoms with Crippen LogP contribution in [0.4, 0.5) is 0 Å². The van der Waals surface area contributed by atoms with Crippen LogP contribution in [-0.4, -0.2) is 25.7 Å². The topological polar surface area (TPSA) is 72.2 Å². The fraction of sp³-hybridized carbons (Fsp3) is 0.231. The van der Waals surface area contributed by atoms with E-state index in [0.717, 1.165) is 5.56 Å². The summed E-state index contributed by atoms with van der Waals surface area (Å²) < 4.78 is 1.58. The number of aryl methyl sites for hydroxylation is 1. The molecule has 0 saturated carbocycles. The minimum Gasteiger partial charge on any atom is -0.343 e. The van der Waals surface area contributed by atoms with Crippen molar-refractivity contribution in [1.29, 1.82) is 0 Å². The first kappa shape index (κ1) is 12.7. The molecule has 3 aromatic rings. The van der Waals surface area contributed by atoms with Crippen LogP contribution >= 0.6 is 11.3 Å². The summed E-state index contributed by atoms with van der Waals surface area (Å²) in [7, 11) is 0. The van der Waals surface area contributed by atoms with E-state index in [2.05, 4.69) is 20.6 Å². The van der Waals surface area contributed by atoms with Gasteiger partial charge in [-0.3, -0.25) is 4.79 Å². The zero-order valence-corrected chi connectivity index (χ0v) is 11.9. The molecule has 6 nitrogen and oxygen atoms in total. The SMILES string of the molecule is Cc1nnc2sc(C(=O)NC(C)c3ccccc3)nn12. The van der Waals surface area contributed by atoms with Crippen molar-refractivity contribution in [2.45, 2.75) is 19.9 Å². The van der Waals surface area contributed by atoms with Gasteiger partial charge in [0, 0.05) is 0 Å². The molecule has 0 radical (unpaired) electrons. The number of rotatable bonds is 3. The van der Waals surface area contributed by atoms with Crippen molar-refractivity contribution in [2.75, 3.05) is 0 Å². The average Bonchev–Trinajstić information content (AvgIpc) is 3.02. The highest BCUT2D eigenvalue weighted by atomic mass is 32.1. The lowest BCUT2D eigenvalue weighted by Crippen LogP contribution is -2.26. The van der Waals surface area contributed by atoms with Gasteiger partial charge in [-0.25, -0.2) is 0 Å². The third-order valence-corrected chi connectivity index (χ3v) is 3.89. The van der Waals surface area contributed by atoms with E-state index in [1.165, 1.54) is 11.3 Å². The monoisotopic (exact) mass is 287 g/mol. The standard InChI is InChI=1S/C13H13N5OS/c1-8(10-6-4-3-5-7-10)14-11(19)12-17-18-9(2)15-16-13(18)20-12/h3-8H,1-2H3,(H,14,19). The Labute approximate surface area is 119 Å². The second-order valence-electron chi connectivity index (χ2n) is 4.45. The summed E-state index contributed by atoms with van der Waals surface area (Å²) in [5, 5.41) is 15.4. The number of amides is 1. The fourth-order valence-corrected chi connectivity index (χ4v) is 2.68.